The molecule has 0 bridgehead atoms. The number of esters is 1. The second-order valence-corrected chi connectivity index (χ2v) is 5.19. The Bertz CT molecular complexity index is 701. The highest BCUT2D eigenvalue weighted by atomic mass is 16.5. The van der Waals surface area contributed by atoms with Crippen molar-refractivity contribution in [3.05, 3.63) is 58.7 Å². The minimum absolute atomic E-state index is 0.239. The first-order valence-corrected chi connectivity index (χ1v) is 6.99. The summed E-state index contributed by atoms with van der Waals surface area (Å²) >= 11 is 0. The number of hydrogen-bond donors (Lipinski definition) is 1. The van der Waals surface area contributed by atoms with Crippen molar-refractivity contribution < 1.29 is 14.3 Å². The molecule has 0 heterocycles. The molecule has 0 atom stereocenters. The van der Waals surface area contributed by atoms with Gasteiger partial charge in [0.2, 0.25) is 0 Å². The first kappa shape index (κ1) is 15.8. The van der Waals surface area contributed by atoms with E-state index in [-0.39, 0.29) is 5.91 Å². The normalized spacial score (nSPS) is 10.2. The molecule has 0 spiro atoms. The Kier molecular flexibility index (Phi) is 4.61. The van der Waals surface area contributed by atoms with Crippen LogP contribution in [0.5, 0.6) is 0 Å². The highest BCUT2D eigenvalue weighted by Crippen LogP contribution is 2.27. The largest absolute Gasteiger partial charge is 0.465 e. The van der Waals surface area contributed by atoms with Crippen LogP contribution in [0.15, 0.2) is 36.4 Å². The molecule has 0 radical (unpaired) electrons. The predicted molar refractivity (Wildman–Crippen MR) is 86.1 cm³/mol. The minimum Gasteiger partial charge on any atom is -0.465 e. The van der Waals surface area contributed by atoms with Crippen LogP contribution in [0, 0.1) is 13.8 Å². The van der Waals surface area contributed by atoms with Crippen molar-refractivity contribution in [1.29, 1.82) is 0 Å². The standard InChI is InChI=1S/C18H19NO3/c1-11-5-6-12(2)16(7-11)13-8-14(17(20)19-3)10-15(9-13)18(21)22-4/h5-10H,1-4H3,(H,19,20). The summed E-state index contributed by atoms with van der Waals surface area (Å²) in [6.07, 6.45) is 0. The van der Waals surface area contributed by atoms with E-state index in [1.807, 2.05) is 32.0 Å². The van der Waals surface area contributed by atoms with E-state index in [9.17, 15) is 9.59 Å². The predicted octanol–water partition coefficient (Wildman–Crippen LogP) is 3.12. The molecule has 0 aromatic heterocycles. The van der Waals surface area contributed by atoms with Gasteiger partial charge in [-0.15, -0.1) is 0 Å². The topological polar surface area (TPSA) is 55.4 Å². The summed E-state index contributed by atoms with van der Waals surface area (Å²) < 4.78 is 4.78. The lowest BCUT2D eigenvalue weighted by atomic mass is 9.95. The molecule has 114 valence electrons. The van der Waals surface area contributed by atoms with Gasteiger partial charge in [0, 0.05) is 12.6 Å². The third kappa shape index (κ3) is 3.17. The molecule has 0 unspecified atom stereocenters. The number of rotatable bonds is 3. The van der Waals surface area contributed by atoms with Crippen LogP contribution in [-0.4, -0.2) is 26.0 Å². The van der Waals surface area contributed by atoms with E-state index >= 15 is 0 Å². The molecular weight excluding hydrogens is 278 g/mol. The number of carbonyl (C=O) groups is 2. The Balaban J connectivity index is 2.66. The maximum absolute atomic E-state index is 11.9. The number of hydrogen-bond acceptors (Lipinski definition) is 3. The van der Waals surface area contributed by atoms with E-state index in [1.165, 1.54) is 7.11 Å². The van der Waals surface area contributed by atoms with Crippen molar-refractivity contribution >= 4 is 11.9 Å². The van der Waals surface area contributed by atoms with E-state index in [1.54, 1.807) is 25.2 Å². The number of nitrogens with one attached hydrogen (secondary N) is 1. The Labute approximate surface area is 130 Å². The molecule has 2 aromatic carbocycles. The SMILES string of the molecule is CNC(=O)c1cc(C(=O)OC)cc(-c2cc(C)ccc2C)c1. The molecule has 0 aliphatic heterocycles. The third-order valence-corrected chi connectivity index (χ3v) is 3.55. The fourth-order valence-corrected chi connectivity index (χ4v) is 2.34. The number of ether oxygens (including phenoxy) is 1. The fourth-order valence-electron chi connectivity index (χ4n) is 2.34. The number of aryl methyl sites for hydroxylation is 2. The zero-order chi connectivity index (χ0) is 16.3. The average Bonchev–Trinajstić information content (AvgIpc) is 2.55. The van der Waals surface area contributed by atoms with Crippen LogP contribution in [0.2, 0.25) is 0 Å². The van der Waals surface area contributed by atoms with Gasteiger partial charge in [-0.25, -0.2) is 4.79 Å². The summed E-state index contributed by atoms with van der Waals surface area (Å²) in [4.78, 5) is 23.8. The molecule has 2 rings (SSSR count). The van der Waals surface area contributed by atoms with Crippen LogP contribution >= 0.6 is 0 Å². The van der Waals surface area contributed by atoms with Gasteiger partial charge in [-0.05, 0) is 48.7 Å². The molecule has 0 fully saturated rings. The molecule has 0 aliphatic rings. The second kappa shape index (κ2) is 6.43. The van der Waals surface area contributed by atoms with Crippen molar-refractivity contribution in [1.82, 2.24) is 5.32 Å². The van der Waals surface area contributed by atoms with Crippen LogP contribution in [0.3, 0.4) is 0 Å². The lowest BCUT2D eigenvalue weighted by molar-refractivity contribution is 0.0601. The van der Waals surface area contributed by atoms with Crippen molar-refractivity contribution in [3.8, 4) is 11.1 Å². The Morgan fingerprint density at radius 3 is 2.32 bits per heavy atom. The molecule has 4 heteroatoms. The van der Waals surface area contributed by atoms with Crippen LogP contribution in [0.25, 0.3) is 11.1 Å². The minimum atomic E-state index is -0.461. The maximum Gasteiger partial charge on any atom is 0.337 e. The van der Waals surface area contributed by atoms with Crippen LogP contribution in [0.1, 0.15) is 31.8 Å². The quantitative estimate of drug-likeness (QED) is 0.886. The zero-order valence-corrected chi connectivity index (χ0v) is 13.2. The number of benzene rings is 2. The second-order valence-electron chi connectivity index (χ2n) is 5.19. The monoisotopic (exact) mass is 297 g/mol. The van der Waals surface area contributed by atoms with Gasteiger partial charge in [-0.3, -0.25) is 4.79 Å². The molecule has 4 nitrogen and oxygen atoms in total. The van der Waals surface area contributed by atoms with Crippen molar-refractivity contribution in [2.24, 2.45) is 0 Å². The van der Waals surface area contributed by atoms with E-state index < -0.39 is 5.97 Å². The molecule has 2 aromatic rings. The Morgan fingerprint density at radius 1 is 1.00 bits per heavy atom. The molecular formula is C18H19NO3. The van der Waals surface area contributed by atoms with Gasteiger partial charge in [0.25, 0.3) is 5.91 Å². The van der Waals surface area contributed by atoms with Crippen LogP contribution in [0.4, 0.5) is 0 Å². The fraction of sp³-hybridized carbons (Fsp3) is 0.222. The average molecular weight is 297 g/mol. The molecule has 1 amide bonds. The van der Waals surface area contributed by atoms with E-state index in [2.05, 4.69) is 5.32 Å². The molecule has 0 saturated carbocycles. The Morgan fingerprint density at radius 2 is 1.68 bits per heavy atom. The van der Waals surface area contributed by atoms with Gasteiger partial charge >= 0.3 is 5.97 Å². The van der Waals surface area contributed by atoms with Crippen molar-refractivity contribution in [3.63, 3.8) is 0 Å². The summed E-state index contributed by atoms with van der Waals surface area (Å²) in [5.41, 5.74) is 4.81. The summed E-state index contributed by atoms with van der Waals surface area (Å²) in [6.45, 7) is 4.01. The number of carbonyl (C=O) groups excluding carboxylic acids is 2. The zero-order valence-electron chi connectivity index (χ0n) is 13.2. The van der Waals surface area contributed by atoms with Gasteiger partial charge in [0.15, 0.2) is 0 Å². The first-order chi connectivity index (χ1) is 10.5. The summed E-state index contributed by atoms with van der Waals surface area (Å²) in [7, 11) is 2.89. The van der Waals surface area contributed by atoms with Crippen molar-refractivity contribution in [2.45, 2.75) is 13.8 Å². The lowest BCUT2D eigenvalue weighted by Gasteiger charge is -2.11. The molecule has 0 aliphatic carbocycles. The molecule has 0 saturated heterocycles. The third-order valence-electron chi connectivity index (χ3n) is 3.55. The maximum atomic E-state index is 11.9. The first-order valence-electron chi connectivity index (χ1n) is 6.99. The van der Waals surface area contributed by atoms with Gasteiger partial charge in [0.05, 0.1) is 12.7 Å². The lowest BCUT2D eigenvalue weighted by Crippen LogP contribution is -2.18. The molecule has 1 N–H and O–H groups in total. The van der Waals surface area contributed by atoms with Crippen LogP contribution < -0.4 is 5.32 Å². The number of amides is 1. The summed E-state index contributed by atoms with van der Waals surface area (Å²) in [6, 6.07) is 11.2. The number of methoxy groups -OCH3 is 1. The van der Waals surface area contributed by atoms with E-state index in [0.29, 0.717) is 11.1 Å². The smallest absolute Gasteiger partial charge is 0.337 e. The van der Waals surface area contributed by atoms with E-state index in [4.69, 9.17) is 4.74 Å². The van der Waals surface area contributed by atoms with Crippen LogP contribution in [-0.2, 0) is 4.74 Å². The molecule has 22 heavy (non-hydrogen) atoms. The van der Waals surface area contributed by atoms with Gasteiger partial charge in [0.1, 0.15) is 0 Å². The Hall–Kier alpha value is -2.62. The van der Waals surface area contributed by atoms with Crippen molar-refractivity contribution in [2.75, 3.05) is 14.2 Å². The van der Waals surface area contributed by atoms with Gasteiger partial charge in [-0.1, -0.05) is 23.8 Å². The highest BCUT2D eigenvalue weighted by Gasteiger charge is 2.14. The summed E-state index contributed by atoms with van der Waals surface area (Å²) in [5.74, 6) is -0.699. The van der Waals surface area contributed by atoms with Gasteiger partial charge in [-0.2, -0.15) is 0 Å². The highest BCUT2D eigenvalue weighted by molar-refractivity contribution is 5.99. The van der Waals surface area contributed by atoms with E-state index in [0.717, 1.165) is 22.3 Å². The van der Waals surface area contributed by atoms with Gasteiger partial charge < -0.3 is 10.1 Å². The summed E-state index contributed by atoms with van der Waals surface area (Å²) in [5, 5.41) is 2.58.